The maximum absolute atomic E-state index is 12.4. The molecule has 1 N–H and O–H groups in total. The van der Waals surface area contributed by atoms with Gasteiger partial charge in [0.2, 0.25) is 5.91 Å². The molecule has 0 aliphatic rings. The van der Waals surface area contributed by atoms with E-state index in [-0.39, 0.29) is 11.7 Å². The Hall–Kier alpha value is -2.69. The molecule has 0 radical (unpaired) electrons. The van der Waals surface area contributed by atoms with Crippen LogP contribution in [0.1, 0.15) is 10.7 Å². The van der Waals surface area contributed by atoms with Crippen molar-refractivity contribution in [2.45, 2.75) is 19.0 Å². The van der Waals surface area contributed by atoms with Gasteiger partial charge in [-0.25, -0.2) is 4.98 Å². The average Bonchev–Trinajstić information content (AvgIpc) is 3.47. The van der Waals surface area contributed by atoms with Crippen molar-refractivity contribution in [3.8, 4) is 22.0 Å². The van der Waals surface area contributed by atoms with E-state index in [9.17, 15) is 4.79 Å². The topological polar surface area (TPSA) is 81.9 Å². The molecule has 0 atom stereocenters. The molecule has 3 heterocycles. The summed E-state index contributed by atoms with van der Waals surface area (Å²) in [7, 11) is 1.63. The van der Waals surface area contributed by atoms with E-state index in [1.807, 2.05) is 47.2 Å². The molecule has 0 saturated carbocycles. The minimum absolute atomic E-state index is 0.134. The zero-order chi connectivity index (χ0) is 21.1. The summed E-state index contributed by atoms with van der Waals surface area (Å²) >= 11 is 4.44. The molecule has 4 aromatic rings. The van der Waals surface area contributed by atoms with Crippen LogP contribution in [0.3, 0.4) is 0 Å². The summed E-state index contributed by atoms with van der Waals surface area (Å²) in [5.41, 5.74) is 1.80. The highest BCUT2D eigenvalue weighted by atomic mass is 32.2. The van der Waals surface area contributed by atoms with Crippen molar-refractivity contribution in [1.82, 2.24) is 19.7 Å². The Kier molecular flexibility index (Phi) is 6.16. The standard InChI is InChI=1S/C20H19N5O2S3/c1-12-4-9-17(30-12)16-10-28-19(21-16)22-18(26)11-29-20-24-23-13(2)25(20)14-5-7-15(27-3)8-6-14/h4-10H,11H2,1-3H3,(H,21,22,26). The Labute approximate surface area is 186 Å². The summed E-state index contributed by atoms with van der Waals surface area (Å²) in [5, 5.41) is 14.4. The number of aryl methyl sites for hydroxylation is 2. The van der Waals surface area contributed by atoms with Crippen molar-refractivity contribution >= 4 is 45.5 Å². The average molecular weight is 458 g/mol. The number of hydrogen-bond acceptors (Lipinski definition) is 8. The second-order valence-corrected chi connectivity index (χ2v) is 9.44. The van der Waals surface area contributed by atoms with Crippen molar-refractivity contribution in [2.75, 3.05) is 18.2 Å². The molecule has 0 unspecified atom stereocenters. The highest BCUT2D eigenvalue weighted by molar-refractivity contribution is 7.99. The number of hydrogen-bond donors (Lipinski definition) is 1. The molecule has 0 saturated heterocycles. The van der Waals surface area contributed by atoms with Crippen LogP contribution >= 0.6 is 34.4 Å². The number of ether oxygens (including phenoxy) is 1. The van der Waals surface area contributed by atoms with Gasteiger partial charge < -0.3 is 10.1 Å². The summed E-state index contributed by atoms with van der Waals surface area (Å²) in [6.07, 6.45) is 0. The van der Waals surface area contributed by atoms with E-state index >= 15 is 0 Å². The number of rotatable bonds is 7. The molecule has 154 valence electrons. The Bertz CT molecular complexity index is 1160. The zero-order valence-corrected chi connectivity index (χ0v) is 19.0. The van der Waals surface area contributed by atoms with E-state index in [0.29, 0.717) is 10.3 Å². The second kappa shape index (κ2) is 8.99. The number of nitrogens with one attached hydrogen (secondary N) is 1. The number of thiophene rings is 1. The van der Waals surface area contributed by atoms with E-state index in [2.05, 4.69) is 33.5 Å². The van der Waals surface area contributed by atoms with Gasteiger partial charge >= 0.3 is 0 Å². The zero-order valence-electron chi connectivity index (χ0n) is 16.6. The highest BCUT2D eigenvalue weighted by Gasteiger charge is 2.15. The molecule has 4 rings (SSSR count). The third kappa shape index (κ3) is 4.55. The number of aromatic nitrogens is 4. The first-order chi connectivity index (χ1) is 14.5. The predicted octanol–water partition coefficient (Wildman–Crippen LogP) is 4.81. The Balaban J connectivity index is 1.40. The first-order valence-corrected chi connectivity index (χ1v) is 11.7. The fraction of sp³-hybridized carbons (Fsp3) is 0.200. The van der Waals surface area contributed by atoms with Crippen molar-refractivity contribution in [2.24, 2.45) is 0 Å². The third-order valence-electron chi connectivity index (χ3n) is 4.20. The normalized spacial score (nSPS) is 10.9. The van der Waals surface area contributed by atoms with Gasteiger partial charge in [0.1, 0.15) is 11.6 Å². The molecule has 0 fully saturated rings. The van der Waals surface area contributed by atoms with Gasteiger partial charge in [0, 0.05) is 15.9 Å². The molecule has 1 amide bonds. The number of benzene rings is 1. The van der Waals surface area contributed by atoms with Crippen LogP contribution in [0, 0.1) is 13.8 Å². The monoisotopic (exact) mass is 457 g/mol. The molecule has 0 aliphatic carbocycles. The summed E-state index contributed by atoms with van der Waals surface area (Å²) in [5.74, 6) is 1.60. The lowest BCUT2D eigenvalue weighted by molar-refractivity contribution is -0.113. The second-order valence-electron chi connectivity index (χ2n) is 6.35. The smallest absolute Gasteiger partial charge is 0.236 e. The molecule has 7 nitrogen and oxygen atoms in total. The molecule has 10 heteroatoms. The lowest BCUT2D eigenvalue weighted by atomic mass is 10.3. The SMILES string of the molecule is COc1ccc(-n2c(C)nnc2SCC(=O)Nc2nc(-c3ccc(C)s3)cs2)cc1. The fourth-order valence-electron chi connectivity index (χ4n) is 2.77. The molecule has 0 aliphatic heterocycles. The van der Waals surface area contributed by atoms with Crippen LogP contribution in [-0.4, -0.2) is 38.5 Å². The first kappa shape index (κ1) is 20.6. The Morgan fingerprint density at radius 3 is 2.67 bits per heavy atom. The van der Waals surface area contributed by atoms with Gasteiger partial charge in [-0.3, -0.25) is 9.36 Å². The quantitative estimate of drug-likeness (QED) is 0.401. The number of amides is 1. The lowest BCUT2D eigenvalue weighted by Gasteiger charge is -2.09. The highest BCUT2D eigenvalue weighted by Crippen LogP contribution is 2.30. The maximum Gasteiger partial charge on any atom is 0.236 e. The number of thioether (sulfide) groups is 1. The van der Waals surface area contributed by atoms with Crippen LogP contribution in [0.5, 0.6) is 5.75 Å². The predicted molar refractivity (Wildman–Crippen MR) is 122 cm³/mol. The van der Waals surface area contributed by atoms with E-state index in [1.54, 1.807) is 18.4 Å². The number of carbonyl (C=O) groups is 1. The van der Waals surface area contributed by atoms with Gasteiger partial charge in [-0.15, -0.1) is 32.9 Å². The van der Waals surface area contributed by atoms with Gasteiger partial charge in [0.15, 0.2) is 10.3 Å². The molecule has 0 spiro atoms. The van der Waals surface area contributed by atoms with Crippen LogP contribution in [-0.2, 0) is 4.79 Å². The number of thiazole rings is 1. The molecule has 3 aromatic heterocycles. The van der Waals surface area contributed by atoms with Crippen molar-refractivity contribution in [1.29, 1.82) is 0 Å². The molecular formula is C20H19N5O2S3. The van der Waals surface area contributed by atoms with Crippen LogP contribution < -0.4 is 10.1 Å². The summed E-state index contributed by atoms with van der Waals surface area (Å²) in [6, 6.07) is 11.7. The summed E-state index contributed by atoms with van der Waals surface area (Å²) in [4.78, 5) is 19.3. The van der Waals surface area contributed by atoms with Gasteiger partial charge in [0.25, 0.3) is 0 Å². The molecule has 0 bridgehead atoms. The third-order valence-corrected chi connectivity index (χ3v) is 6.91. The van der Waals surface area contributed by atoms with Crippen LogP contribution in [0.2, 0.25) is 0 Å². The molecule has 30 heavy (non-hydrogen) atoms. The molecule has 1 aromatic carbocycles. The van der Waals surface area contributed by atoms with E-state index in [4.69, 9.17) is 4.74 Å². The number of anilines is 1. The number of nitrogens with zero attached hydrogens (tertiary/aromatic N) is 4. The summed E-state index contributed by atoms with van der Waals surface area (Å²) < 4.78 is 7.13. The van der Waals surface area contributed by atoms with E-state index < -0.39 is 0 Å². The number of methoxy groups -OCH3 is 1. The summed E-state index contributed by atoms with van der Waals surface area (Å²) in [6.45, 7) is 3.94. The van der Waals surface area contributed by atoms with Crippen LogP contribution in [0.15, 0.2) is 46.9 Å². The minimum atomic E-state index is -0.134. The van der Waals surface area contributed by atoms with E-state index in [1.165, 1.54) is 28.0 Å². The first-order valence-electron chi connectivity index (χ1n) is 9.05. The van der Waals surface area contributed by atoms with Crippen LogP contribution in [0.4, 0.5) is 5.13 Å². The number of carbonyl (C=O) groups excluding carboxylic acids is 1. The van der Waals surface area contributed by atoms with Crippen LogP contribution in [0.25, 0.3) is 16.3 Å². The van der Waals surface area contributed by atoms with Gasteiger partial charge in [-0.2, -0.15) is 0 Å². The Morgan fingerprint density at radius 2 is 1.97 bits per heavy atom. The fourth-order valence-corrected chi connectivity index (χ4v) is 5.19. The van der Waals surface area contributed by atoms with Crippen molar-refractivity contribution < 1.29 is 9.53 Å². The van der Waals surface area contributed by atoms with Gasteiger partial charge in [0.05, 0.1) is 23.4 Å². The van der Waals surface area contributed by atoms with Gasteiger partial charge in [-0.05, 0) is 50.2 Å². The Morgan fingerprint density at radius 1 is 1.17 bits per heavy atom. The minimum Gasteiger partial charge on any atom is -0.497 e. The maximum atomic E-state index is 12.4. The van der Waals surface area contributed by atoms with Crippen molar-refractivity contribution in [3.63, 3.8) is 0 Å². The van der Waals surface area contributed by atoms with Crippen molar-refractivity contribution in [3.05, 3.63) is 52.5 Å². The lowest BCUT2D eigenvalue weighted by Crippen LogP contribution is -2.14. The van der Waals surface area contributed by atoms with E-state index in [0.717, 1.165) is 27.8 Å². The van der Waals surface area contributed by atoms with Gasteiger partial charge in [-0.1, -0.05) is 11.8 Å². The largest absolute Gasteiger partial charge is 0.497 e. The molecular weight excluding hydrogens is 438 g/mol.